The Balaban J connectivity index is 2.39. The molecule has 0 aromatic heterocycles. The van der Waals surface area contributed by atoms with E-state index in [4.69, 9.17) is 5.11 Å². The summed E-state index contributed by atoms with van der Waals surface area (Å²) in [6.45, 7) is 3.52. The fourth-order valence-corrected chi connectivity index (χ4v) is 1.94. The van der Waals surface area contributed by atoms with E-state index in [1.54, 1.807) is 13.8 Å². The van der Waals surface area contributed by atoms with E-state index in [0.717, 1.165) is 18.2 Å². The molecular weight excluding hydrogens is 306 g/mol. The van der Waals surface area contributed by atoms with Crippen molar-refractivity contribution in [2.45, 2.75) is 19.8 Å². The summed E-state index contributed by atoms with van der Waals surface area (Å²) in [6, 6.07) is 5.58. The van der Waals surface area contributed by atoms with Crippen molar-refractivity contribution < 1.29 is 23.8 Å². The van der Waals surface area contributed by atoms with Gasteiger partial charge in [-0.3, -0.25) is 0 Å². The van der Waals surface area contributed by atoms with Crippen LogP contribution in [0.5, 0.6) is 5.75 Å². The Morgan fingerprint density at radius 1 is 1.09 bits per heavy atom. The van der Waals surface area contributed by atoms with Gasteiger partial charge in [0.2, 0.25) is 0 Å². The number of benzene rings is 2. The molecule has 0 bridgehead atoms. The minimum absolute atomic E-state index is 0.120. The van der Waals surface area contributed by atoms with Crippen molar-refractivity contribution in [3.63, 3.8) is 0 Å². The molecule has 2 aromatic carbocycles. The van der Waals surface area contributed by atoms with Crippen LogP contribution in [-0.4, -0.2) is 16.2 Å². The SMILES string of the molecule is CC(C)c1cc(N=Nc2ccc(O)c(C(=O)O)c2)c(F)cc1F. The van der Waals surface area contributed by atoms with Gasteiger partial charge in [-0.2, -0.15) is 5.11 Å². The van der Waals surface area contributed by atoms with E-state index in [9.17, 15) is 18.7 Å². The molecule has 2 N–H and O–H groups in total. The highest BCUT2D eigenvalue weighted by atomic mass is 19.1. The zero-order valence-corrected chi connectivity index (χ0v) is 12.4. The van der Waals surface area contributed by atoms with Gasteiger partial charge in [-0.25, -0.2) is 13.6 Å². The summed E-state index contributed by atoms with van der Waals surface area (Å²) in [4.78, 5) is 10.9. The molecular formula is C16H14F2N2O3. The summed E-state index contributed by atoms with van der Waals surface area (Å²) >= 11 is 0. The average Bonchev–Trinajstić information content (AvgIpc) is 2.47. The van der Waals surface area contributed by atoms with Crippen LogP contribution in [0.25, 0.3) is 0 Å². The molecule has 0 spiro atoms. The van der Waals surface area contributed by atoms with Gasteiger partial charge >= 0.3 is 5.97 Å². The molecule has 7 heteroatoms. The molecule has 0 aliphatic carbocycles. The van der Waals surface area contributed by atoms with Crippen LogP contribution < -0.4 is 0 Å². The quantitative estimate of drug-likeness (QED) is 0.785. The molecule has 2 aromatic rings. The van der Waals surface area contributed by atoms with E-state index in [2.05, 4.69) is 10.2 Å². The molecule has 0 heterocycles. The molecule has 0 fully saturated rings. The van der Waals surface area contributed by atoms with E-state index < -0.39 is 23.4 Å². The molecule has 0 amide bonds. The van der Waals surface area contributed by atoms with E-state index in [0.29, 0.717) is 5.56 Å². The molecule has 0 aliphatic rings. The number of rotatable bonds is 4. The van der Waals surface area contributed by atoms with E-state index in [1.807, 2.05) is 0 Å². The van der Waals surface area contributed by atoms with E-state index in [-0.39, 0.29) is 22.9 Å². The first-order valence-corrected chi connectivity index (χ1v) is 6.76. The number of hydrogen-bond donors (Lipinski definition) is 2. The molecule has 0 atom stereocenters. The van der Waals surface area contributed by atoms with Gasteiger partial charge < -0.3 is 10.2 Å². The number of aromatic carboxylic acids is 1. The smallest absolute Gasteiger partial charge is 0.339 e. The molecule has 5 nitrogen and oxygen atoms in total. The lowest BCUT2D eigenvalue weighted by molar-refractivity contribution is 0.0693. The third kappa shape index (κ3) is 3.68. The highest BCUT2D eigenvalue weighted by Gasteiger charge is 2.13. The molecule has 120 valence electrons. The maximum atomic E-state index is 13.7. The van der Waals surface area contributed by atoms with Crippen LogP contribution in [0.3, 0.4) is 0 Å². The number of carboxylic acid groups (broad SMARTS) is 1. The first-order valence-electron chi connectivity index (χ1n) is 6.76. The topological polar surface area (TPSA) is 82.2 Å². The van der Waals surface area contributed by atoms with Crippen molar-refractivity contribution in [2.75, 3.05) is 0 Å². The fourth-order valence-electron chi connectivity index (χ4n) is 1.94. The molecule has 2 rings (SSSR count). The van der Waals surface area contributed by atoms with Crippen LogP contribution in [0.2, 0.25) is 0 Å². The Morgan fingerprint density at radius 2 is 1.78 bits per heavy atom. The Kier molecular flexibility index (Phi) is 4.68. The van der Waals surface area contributed by atoms with Crippen LogP contribution in [0.4, 0.5) is 20.2 Å². The number of hydrogen-bond acceptors (Lipinski definition) is 4. The van der Waals surface area contributed by atoms with Crippen LogP contribution >= 0.6 is 0 Å². The zero-order chi connectivity index (χ0) is 17.1. The lowest BCUT2D eigenvalue weighted by Gasteiger charge is -2.08. The summed E-state index contributed by atoms with van der Waals surface area (Å²) in [6.07, 6.45) is 0. The van der Waals surface area contributed by atoms with Gasteiger partial charge in [-0.05, 0) is 35.7 Å². The van der Waals surface area contributed by atoms with Crippen molar-refractivity contribution in [1.29, 1.82) is 0 Å². The fraction of sp³-hybridized carbons (Fsp3) is 0.188. The zero-order valence-electron chi connectivity index (χ0n) is 12.4. The van der Waals surface area contributed by atoms with Crippen LogP contribution in [0, 0.1) is 11.6 Å². The standard InChI is InChI=1S/C16H14F2N2O3/c1-8(2)10-6-14(13(18)7-12(10)17)20-19-9-3-4-15(21)11(5-9)16(22)23/h3-8,21H,1-2H3,(H,22,23). The number of aromatic hydroxyl groups is 1. The second-order valence-corrected chi connectivity index (χ2v) is 5.19. The normalized spacial score (nSPS) is 11.3. The monoisotopic (exact) mass is 320 g/mol. The average molecular weight is 320 g/mol. The second kappa shape index (κ2) is 6.51. The van der Waals surface area contributed by atoms with Crippen molar-refractivity contribution in [3.05, 3.63) is 53.1 Å². The number of phenols is 1. The molecule has 0 unspecified atom stereocenters. The van der Waals surface area contributed by atoms with Gasteiger partial charge in [0.15, 0.2) is 5.82 Å². The predicted octanol–water partition coefficient (Wildman–Crippen LogP) is 4.91. The van der Waals surface area contributed by atoms with Crippen LogP contribution in [-0.2, 0) is 0 Å². The summed E-state index contributed by atoms with van der Waals surface area (Å²) in [5, 5.41) is 25.8. The van der Waals surface area contributed by atoms with Gasteiger partial charge in [0, 0.05) is 6.07 Å². The largest absolute Gasteiger partial charge is 0.507 e. The molecule has 0 saturated carbocycles. The minimum atomic E-state index is -1.32. The van der Waals surface area contributed by atoms with Gasteiger partial charge in [-0.1, -0.05) is 13.8 Å². The Morgan fingerprint density at radius 3 is 2.39 bits per heavy atom. The number of halogens is 2. The lowest BCUT2D eigenvalue weighted by atomic mass is 10.0. The van der Waals surface area contributed by atoms with Crippen molar-refractivity contribution in [3.8, 4) is 5.75 Å². The molecule has 0 saturated heterocycles. The van der Waals surface area contributed by atoms with Crippen molar-refractivity contribution in [2.24, 2.45) is 10.2 Å². The van der Waals surface area contributed by atoms with E-state index >= 15 is 0 Å². The van der Waals surface area contributed by atoms with Crippen molar-refractivity contribution >= 4 is 17.3 Å². The highest BCUT2D eigenvalue weighted by molar-refractivity contribution is 5.91. The number of nitrogens with zero attached hydrogens (tertiary/aromatic N) is 2. The maximum absolute atomic E-state index is 13.7. The third-order valence-corrected chi connectivity index (χ3v) is 3.17. The predicted molar refractivity (Wildman–Crippen MR) is 79.7 cm³/mol. The molecule has 23 heavy (non-hydrogen) atoms. The first-order chi connectivity index (χ1) is 10.8. The summed E-state index contributed by atoms with van der Waals surface area (Å²) < 4.78 is 27.4. The Bertz CT molecular complexity index is 789. The van der Waals surface area contributed by atoms with Gasteiger partial charge in [0.25, 0.3) is 0 Å². The van der Waals surface area contributed by atoms with E-state index in [1.165, 1.54) is 12.1 Å². The first kappa shape index (κ1) is 16.5. The third-order valence-electron chi connectivity index (χ3n) is 3.17. The summed E-state index contributed by atoms with van der Waals surface area (Å²) in [5.74, 6) is -3.42. The minimum Gasteiger partial charge on any atom is -0.507 e. The molecule has 0 aliphatic heterocycles. The number of carbonyl (C=O) groups is 1. The summed E-state index contributed by atoms with van der Waals surface area (Å²) in [5.41, 5.74) is -0.0729. The van der Waals surface area contributed by atoms with Crippen molar-refractivity contribution in [1.82, 2.24) is 0 Å². The second-order valence-electron chi connectivity index (χ2n) is 5.19. The highest BCUT2D eigenvalue weighted by Crippen LogP contribution is 2.29. The number of carboxylic acids is 1. The molecule has 0 radical (unpaired) electrons. The van der Waals surface area contributed by atoms with Gasteiger partial charge in [-0.15, -0.1) is 5.11 Å². The van der Waals surface area contributed by atoms with Gasteiger partial charge in [0.1, 0.15) is 22.8 Å². The number of azo groups is 1. The lowest BCUT2D eigenvalue weighted by Crippen LogP contribution is -1.95. The maximum Gasteiger partial charge on any atom is 0.339 e. The Hall–Kier alpha value is -2.83. The van der Waals surface area contributed by atoms with Crippen LogP contribution in [0.1, 0.15) is 35.7 Å². The van der Waals surface area contributed by atoms with Gasteiger partial charge in [0.05, 0.1) is 5.69 Å². The summed E-state index contributed by atoms with van der Waals surface area (Å²) in [7, 11) is 0. The Labute approximate surface area is 130 Å². The van der Waals surface area contributed by atoms with Crippen LogP contribution in [0.15, 0.2) is 40.6 Å².